The fourth-order valence-corrected chi connectivity index (χ4v) is 2.81. The predicted molar refractivity (Wildman–Crippen MR) is 127 cm³/mol. The van der Waals surface area contributed by atoms with Crippen LogP contribution >= 0.6 is 12.2 Å². The first-order valence-electron chi connectivity index (χ1n) is 9.51. The summed E-state index contributed by atoms with van der Waals surface area (Å²) in [5.74, 6) is -0.0118. The van der Waals surface area contributed by atoms with Gasteiger partial charge in [-0.05, 0) is 54.2 Å². The summed E-state index contributed by atoms with van der Waals surface area (Å²) in [6, 6.07) is 25.6. The van der Waals surface area contributed by atoms with Gasteiger partial charge in [0.15, 0.2) is 11.7 Å². The van der Waals surface area contributed by atoms with Crippen LogP contribution in [0.15, 0.2) is 91.0 Å². The van der Waals surface area contributed by atoms with Crippen molar-refractivity contribution in [3.8, 4) is 5.75 Å². The summed E-state index contributed by atoms with van der Waals surface area (Å²) < 4.78 is 5.43. The van der Waals surface area contributed by atoms with E-state index in [4.69, 9.17) is 17.0 Å². The molecule has 3 rings (SSSR count). The minimum Gasteiger partial charge on any atom is -0.484 e. The molecule has 0 aliphatic carbocycles. The second kappa shape index (κ2) is 11.3. The lowest BCUT2D eigenvalue weighted by atomic mass is 10.2. The summed E-state index contributed by atoms with van der Waals surface area (Å²) in [4.78, 5) is 24.1. The predicted octanol–water partition coefficient (Wildman–Crippen LogP) is 4.23. The molecule has 0 fully saturated rings. The number of hydrogen-bond donors (Lipinski definition) is 3. The molecule has 0 spiro atoms. The van der Waals surface area contributed by atoms with E-state index in [0.717, 1.165) is 5.56 Å². The summed E-state index contributed by atoms with van der Waals surface area (Å²) in [5.41, 5.74) is 2.11. The van der Waals surface area contributed by atoms with Gasteiger partial charge in [0.2, 0.25) is 5.91 Å². The Morgan fingerprint density at radius 2 is 1.48 bits per heavy atom. The van der Waals surface area contributed by atoms with Crippen LogP contribution in [0.3, 0.4) is 0 Å². The number of benzene rings is 3. The van der Waals surface area contributed by atoms with E-state index in [0.29, 0.717) is 17.1 Å². The molecule has 0 aromatic heterocycles. The average Bonchev–Trinajstić information content (AvgIpc) is 2.78. The van der Waals surface area contributed by atoms with Gasteiger partial charge in [0.05, 0.1) is 0 Å². The van der Waals surface area contributed by atoms with Gasteiger partial charge in [-0.3, -0.25) is 14.9 Å². The molecule has 3 N–H and O–H groups in total. The van der Waals surface area contributed by atoms with E-state index in [-0.39, 0.29) is 23.5 Å². The highest BCUT2D eigenvalue weighted by atomic mass is 32.1. The van der Waals surface area contributed by atoms with Crippen LogP contribution in [0, 0.1) is 0 Å². The van der Waals surface area contributed by atoms with Gasteiger partial charge in [-0.2, -0.15) is 0 Å². The van der Waals surface area contributed by atoms with Crippen LogP contribution in [0.2, 0.25) is 0 Å². The molecule has 0 atom stereocenters. The molecular formula is C24H21N3O3S. The number of rotatable bonds is 7. The van der Waals surface area contributed by atoms with Crippen molar-refractivity contribution in [3.63, 3.8) is 0 Å². The number of thiocarbonyl (C=S) groups is 1. The molecule has 3 aromatic carbocycles. The standard InChI is InChI=1S/C24H21N3O3S/c28-22(15-14-18-8-3-1-4-9-18)27-24(31)26-20-11-7-10-19(16-20)25-23(29)17-30-21-12-5-2-6-13-21/h1-16H,17H2,(H,25,29)(H2,26,27,28,31)/b15-14+. The maximum Gasteiger partial charge on any atom is 0.262 e. The van der Waals surface area contributed by atoms with Crippen LogP contribution in [0.4, 0.5) is 11.4 Å². The lowest BCUT2D eigenvalue weighted by Crippen LogP contribution is -2.32. The van der Waals surface area contributed by atoms with Gasteiger partial charge in [-0.1, -0.05) is 54.6 Å². The Balaban J connectivity index is 1.47. The van der Waals surface area contributed by atoms with Crippen molar-refractivity contribution in [2.45, 2.75) is 0 Å². The largest absolute Gasteiger partial charge is 0.484 e. The van der Waals surface area contributed by atoms with Crippen molar-refractivity contribution in [1.82, 2.24) is 5.32 Å². The van der Waals surface area contributed by atoms with E-state index in [2.05, 4.69) is 16.0 Å². The van der Waals surface area contributed by atoms with E-state index in [1.807, 2.05) is 48.5 Å². The van der Waals surface area contributed by atoms with Crippen LogP contribution in [-0.2, 0) is 9.59 Å². The number of carbonyl (C=O) groups excluding carboxylic acids is 2. The smallest absolute Gasteiger partial charge is 0.262 e. The van der Waals surface area contributed by atoms with Crippen molar-refractivity contribution in [1.29, 1.82) is 0 Å². The molecule has 0 unspecified atom stereocenters. The Morgan fingerprint density at radius 1 is 0.839 bits per heavy atom. The lowest BCUT2D eigenvalue weighted by Gasteiger charge is -2.11. The zero-order valence-electron chi connectivity index (χ0n) is 16.6. The molecule has 6 nitrogen and oxygen atoms in total. The first-order chi connectivity index (χ1) is 15.1. The summed E-state index contributed by atoms with van der Waals surface area (Å²) in [7, 11) is 0. The zero-order valence-corrected chi connectivity index (χ0v) is 17.4. The molecular weight excluding hydrogens is 410 g/mol. The number of para-hydroxylation sites is 1. The number of ether oxygens (including phenoxy) is 1. The number of nitrogens with one attached hydrogen (secondary N) is 3. The summed E-state index contributed by atoms with van der Waals surface area (Å²) in [6.07, 6.45) is 3.11. The number of amides is 2. The molecule has 3 aromatic rings. The fourth-order valence-electron chi connectivity index (χ4n) is 2.59. The number of anilines is 2. The topological polar surface area (TPSA) is 79.5 Å². The zero-order chi connectivity index (χ0) is 21.9. The van der Waals surface area contributed by atoms with Crippen LogP contribution in [0.25, 0.3) is 6.08 Å². The molecule has 2 amide bonds. The third kappa shape index (κ3) is 7.75. The van der Waals surface area contributed by atoms with Crippen molar-refractivity contribution < 1.29 is 14.3 Å². The Labute approximate surface area is 185 Å². The highest BCUT2D eigenvalue weighted by Gasteiger charge is 2.06. The van der Waals surface area contributed by atoms with Crippen LogP contribution in [-0.4, -0.2) is 23.5 Å². The first kappa shape index (κ1) is 21.7. The average molecular weight is 432 g/mol. The van der Waals surface area contributed by atoms with Crippen molar-refractivity contribution in [2.24, 2.45) is 0 Å². The van der Waals surface area contributed by atoms with Gasteiger partial charge in [-0.15, -0.1) is 0 Å². The molecule has 0 saturated carbocycles. The van der Waals surface area contributed by atoms with Crippen LogP contribution < -0.4 is 20.7 Å². The summed E-state index contributed by atoms with van der Waals surface area (Å²) in [5, 5.41) is 8.42. The SMILES string of the molecule is O=C(/C=C/c1ccccc1)NC(=S)Nc1cccc(NC(=O)COc2ccccc2)c1. The summed E-state index contributed by atoms with van der Waals surface area (Å²) >= 11 is 5.19. The van der Waals surface area contributed by atoms with Crippen molar-refractivity contribution in [3.05, 3.63) is 96.6 Å². The lowest BCUT2D eigenvalue weighted by molar-refractivity contribution is -0.118. The minimum absolute atomic E-state index is 0.107. The summed E-state index contributed by atoms with van der Waals surface area (Å²) in [6.45, 7) is -0.107. The van der Waals surface area contributed by atoms with Crippen molar-refractivity contribution >= 4 is 46.6 Å². The molecule has 7 heteroatoms. The van der Waals surface area contributed by atoms with E-state index in [1.165, 1.54) is 6.08 Å². The minimum atomic E-state index is -0.344. The second-order valence-corrected chi connectivity index (χ2v) is 6.83. The van der Waals surface area contributed by atoms with Crippen LogP contribution in [0.5, 0.6) is 5.75 Å². The highest BCUT2D eigenvalue weighted by Crippen LogP contribution is 2.15. The first-order valence-corrected chi connectivity index (χ1v) is 9.92. The Morgan fingerprint density at radius 3 is 2.19 bits per heavy atom. The third-order valence-electron chi connectivity index (χ3n) is 3.98. The van der Waals surface area contributed by atoms with E-state index >= 15 is 0 Å². The molecule has 0 radical (unpaired) electrons. The van der Waals surface area contributed by atoms with Gasteiger partial charge < -0.3 is 15.4 Å². The molecule has 0 saturated heterocycles. The number of hydrogen-bond acceptors (Lipinski definition) is 4. The Kier molecular flexibility index (Phi) is 7.90. The molecule has 0 bridgehead atoms. The normalized spacial score (nSPS) is 10.3. The molecule has 0 aliphatic heterocycles. The molecule has 156 valence electrons. The van der Waals surface area contributed by atoms with Gasteiger partial charge >= 0.3 is 0 Å². The quantitative estimate of drug-likeness (QED) is 0.385. The highest BCUT2D eigenvalue weighted by molar-refractivity contribution is 7.80. The fraction of sp³-hybridized carbons (Fsp3) is 0.0417. The Hall–Kier alpha value is -3.97. The maximum atomic E-state index is 12.1. The Bertz CT molecular complexity index is 1070. The molecule has 0 aliphatic rings. The van der Waals surface area contributed by atoms with Crippen molar-refractivity contribution in [2.75, 3.05) is 17.2 Å². The molecule has 0 heterocycles. The maximum absolute atomic E-state index is 12.1. The van der Waals surface area contributed by atoms with Gasteiger partial charge in [-0.25, -0.2) is 0 Å². The molecule has 31 heavy (non-hydrogen) atoms. The van der Waals surface area contributed by atoms with Crippen LogP contribution in [0.1, 0.15) is 5.56 Å². The van der Waals surface area contributed by atoms with E-state index in [9.17, 15) is 9.59 Å². The monoisotopic (exact) mass is 431 g/mol. The van der Waals surface area contributed by atoms with E-state index in [1.54, 1.807) is 42.5 Å². The third-order valence-corrected chi connectivity index (χ3v) is 4.18. The van der Waals surface area contributed by atoms with Gasteiger partial charge in [0, 0.05) is 17.5 Å². The number of carbonyl (C=O) groups is 2. The van der Waals surface area contributed by atoms with E-state index < -0.39 is 0 Å². The second-order valence-electron chi connectivity index (χ2n) is 6.42. The van der Waals surface area contributed by atoms with Gasteiger partial charge in [0.1, 0.15) is 5.75 Å². The van der Waals surface area contributed by atoms with Gasteiger partial charge in [0.25, 0.3) is 5.91 Å².